The van der Waals surface area contributed by atoms with Gasteiger partial charge in [0.05, 0.1) is 6.54 Å². The molecule has 150 valence electrons. The maximum atomic E-state index is 12.4. The van der Waals surface area contributed by atoms with Gasteiger partial charge in [-0.25, -0.2) is 4.98 Å². The topological polar surface area (TPSA) is 81.6 Å². The summed E-state index contributed by atoms with van der Waals surface area (Å²) in [6.45, 7) is 2.05. The van der Waals surface area contributed by atoms with Crippen molar-refractivity contribution in [1.82, 2.24) is 20.5 Å². The van der Waals surface area contributed by atoms with Crippen molar-refractivity contribution in [3.05, 3.63) is 23.9 Å². The lowest BCUT2D eigenvalue weighted by atomic mass is 10.3. The number of aromatic nitrogens is 1. The lowest BCUT2D eigenvalue weighted by Crippen LogP contribution is -2.45. The average molecular weight is 386 g/mol. The van der Waals surface area contributed by atoms with Gasteiger partial charge in [-0.2, -0.15) is 13.2 Å². The Morgan fingerprint density at radius 2 is 2.19 bits per heavy atom. The molecule has 10 heteroatoms. The first kappa shape index (κ1) is 20.9. The fourth-order valence-electron chi connectivity index (χ4n) is 2.78. The predicted octanol–water partition coefficient (Wildman–Crippen LogP) is 1.52. The molecule has 0 aliphatic carbocycles. The van der Waals surface area contributed by atoms with E-state index in [4.69, 9.17) is 0 Å². The lowest BCUT2D eigenvalue weighted by Gasteiger charge is -2.19. The third-order valence-electron chi connectivity index (χ3n) is 4.06. The number of guanidine groups is 1. The maximum absolute atomic E-state index is 12.4. The molecule has 1 saturated heterocycles. The van der Waals surface area contributed by atoms with Crippen LogP contribution in [0.5, 0.6) is 0 Å². The van der Waals surface area contributed by atoms with E-state index >= 15 is 0 Å². The van der Waals surface area contributed by atoms with Gasteiger partial charge in [-0.05, 0) is 25.0 Å². The fraction of sp³-hybridized carbons (Fsp3) is 0.588. The van der Waals surface area contributed by atoms with Crippen LogP contribution < -0.4 is 16.0 Å². The summed E-state index contributed by atoms with van der Waals surface area (Å²) in [7, 11) is 1.58. The summed E-state index contributed by atoms with van der Waals surface area (Å²) in [5.41, 5.74) is 1.00. The first-order chi connectivity index (χ1) is 12.7. The molecular weight excluding hydrogens is 361 g/mol. The predicted molar refractivity (Wildman–Crippen MR) is 97.6 cm³/mol. The molecule has 0 radical (unpaired) electrons. The summed E-state index contributed by atoms with van der Waals surface area (Å²) in [6.07, 6.45) is -1.70. The van der Waals surface area contributed by atoms with Crippen LogP contribution in [0, 0.1) is 6.92 Å². The molecule has 0 bridgehead atoms. The Morgan fingerprint density at radius 3 is 2.81 bits per heavy atom. The largest absolute Gasteiger partial charge is 0.401 e. The summed E-state index contributed by atoms with van der Waals surface area (Å²) >= 11 is 0. The molecule has 0 saturated carbocycles. The Kier molecular flexibility index (Phi) is 7.40. The molecule has 7 nitrogen and oxygen atoms in total. The zero-order chi connectivity index (χ0) is 19.9. The number of nitrogens with one attached hydrogen (secondary N) is 3. The summed E-state index contributed by atoms with van der Waals surface area (Å²) in [6, 6.07) is 3.48. The Morgan fingerprint density at radius 1 is 1.41 bits per heavy atom. The smallest absolute Gasteiger partial charge is 0.356 e. The van der Waals surface area contributed by atoms with Crippen LogP contribution in [0.3, 0.4) is 0 Å². The standard InChI is InChI=1S/C17H25F3N6O/c1-12-3-4-14(23-9-12)25-15(27)5-7-22-16(21-2)24-13-6-8-26(10-13)11-17(18,19)20/h3-4,9,13H,5-8,10-11H2,1-2H3,(H2,21,22,24)(H,23,25,27). The van der Waals surface area contributed by atoms with Gasteiger partial charge in [0.25, 0.3) is 0 Å². The van der Waals surface area contributed by atoms with E-state index in [0.717, 1.165) is 5.56 Å². The van der Waals surface area contributed by atoms with Crippen molar-refractivity contribution in [2.24, 2.45) is 4.99 Å². The van der Waals surface area contributed by atoms with Crippen molar-refractivity contribution in [3.8, 4) is 0 Å². The Hall–Kier alpha value is -2.36. The molecule has 1 aromatic heterocycles. The third kappa shape index (κ3) is 7.81. The highest BCUT2D eigenvalue weighted by atomic mass is 19.4. The number of pyridine rings is 1. The summed E-state index contributed by atoms with van der Waals surface area (Å²) in [5.74, 6) is 0.769. The van der Waals surface area contributed by atoms with E-state index in [1.807, 2.05) is 13.0 Å². The summed E-state index contributed by atoms with van der Waals surface area (Å²) in [5, 5.41) is 8.80. The monoisotopic (exact) mass is 386 g/mol. The molecule has 2 rings (SSSR count). The van der Waals surface area contributed by atoms with Crippen molar-refractivity contribution in [2.75, 3.05) is 38.5 Å². The zero-order valence-electron chi connectivity index (χ0n) is 15.4. The van der Waals surface area contributed by atoms with Crippen LogP contribution >= 0.6 is 0 Å². The molecule has 0 spiro atoms. The number of amides is 1. The number of hydrogen-bond donors (Lipinski definition) is 3. The van der Waals surface area contributed by atoms with E-state index in [1.165, 1.54) is 4.90 Å². The lowest BCUT2D eigenvalue weighted by molar-refractivity contribution is -0.143. The number of carbonyl (C=O) groups excluding carboxylic acids is 1. The van der Waals surface area contributed by atoms with Crippen molar-refractivity contribution in [3.63, 3.8) is 0 Å². The number of likely N-dealkylation sites (tertiary alicyclic amines) is 1. The van der Waals surface area contributed by atoms with E-state index in [1.54, 1.807) is 19.3 Å². The molecule has 27 heavy (non-hydrogen) atoms. The summed E-state index contributed by atoms with van der Waals surface area (Å²) in [4.78, 5) is 21.4. The van der Waals surface area contributed by atoms with E-state index in [2.05, 4.69) is 25.9 Å². The van der Waals surface area contributed by atoms with E-state index < -0.39 is 12.7 Å². The van der Waals surface area contributed by atoms with E-state index in [0.29, 0.717) is 37.8 Å². The second kappa shape index (κ2) is 9.54. The second-order valence-electron chi connectivity index (χ2n) is 6.50. The van der Waals surface area contributed by atoms with Crippen LogP contribution in [0.25, 0.3) is 0 Å². The van der Waals surface area contributed by atoms with Crippen LogP contribution in [0.4, 0.5) is 19.0 Å². The molecule has 1 atom stereocenters. The van der Waals surface area contributed by atoms with Crippen LogP contribution in [-0.4, -0.2) is 67.2 Å². The van der Waals surface area contributed by atoms with Gasteiger partial charge in [0.2, 0.25) is 5.91 Å². The molecule has 1 amide bonds. The van der Waals surface area contributed by atoms with Gasteiger partial charge in [0.15, 0.2) is 5.96 Å². The summed E-state index contributed by atoms with van der Waals surface area (Å²) < 4.78 is 37.3. The van der Waals surface area contributed by atoms with Gasteiger partial charge in [0, 0.05) is 45.3 Å². The van der Waals surface area contributed by atoms with Gasteiger partial charge in [-0.15, -0.1) is 0 Å². The highest BCUT2D eigenvalue weighted by Gasteiger charge is 2.34. The third-order valence-corrected chi connectivity index (χ3v) is 4.06. The molecule has 1 aliphatic rings. The van der Waals surface area contributed by atoms with Gasteiger partial charge >= 0.3 is 6.18 Å². The van der Waals surface area contributed by atoms with E-state index in [-0.39, 0.29) is 18.4 Å². The minimum atomic E-state index is -4.19. The minimum Gasteiger partial charge on any atom is -0.356 e. The highest BCUT2D eigenvalue weighted by molar-refractivity contribution is 5.90. The SMILES string of the molecule is CN=C(NCCC(=O)Nc1ccc(C)cn1)NC1CCN(CC(F)(F)F)C1. The minimum absolute atomic E-state index is 0.107. The molecule has 2 heterocycles. The van der Waals surface area contributed by atoms with Gasteiger partial charge in [0.1, 0.15) is 5.82 Å². The van der Waals surface area contributed by atoms with Gasteiger partial charge < -0.3 is 16.0 Å². The number of hydrogen-bond acceptors (Lipinski definition) is 4. The molecule has 1 fully saturated rings. The van der Waals surface area contributed by atoms with Crippen molar-refractivity contribution >= 4 is 17.7 Å². The number of carbonyl (C=O) groups is 1. The quantitative estimate of drug-likeness (QED) is 0.510. The molecule has 1 aromatic rings. The average Bonchev–Trinajstić information content (AvgIpc) is 3.01. The Labute approximate surface area is 156 Å². The Balaban J connectivity index is 1.68. The fourth-order valence-corrected chi connectivity index (χ4v) is 2.78. The van der Waals surface area contributed by atoms with Crippen LogP contribution in [0.15, 0.2) is 23.3 Å². The van der Waals surface area contributed by atoms with E-state index in [9.17, 15) is 18.0 Å². The van der Waals surface area contributed by atoms with Crippen molar-refractivity contribution in [1.29, 1.82) is 0 Å². The Bertz CT molecular complexity index is 647. The highest BCUT2D eigenvalue weighted by Crippen LogP contribution is 2.19. The number of halogens is 3. The first-order valence-corrected chi connectivity index (χ1v) is 8.74. The molecule has 1 unspecified atom stereocenters. The first-order valence-electron chi connectivity index (χ1n) is 8.74. The molecular formula is C17H25F3N6O. The van der Waals surface area contributed by atoms with Crippen LogP contribution in [0.1, 0.15) is 18.4 Å². The van der Waals surface area contributed by atoms with Gasteiger partial charge in [-0.3, -0.25) is 14.7 Å². The zero-order valence-corrected chi connectivity index (χ0v) is 15.4. The number of alkyl halides is 3. The van der Waals surface area contributed by atoms with Crippen LogP contribution in [-0.2, 0) is 4.79 Å². The number of rotatable bonds is 6. The van der Waals surface area contributed by atoms with Gasteiger partial charge in [-0.1, -0.05) is 6.07 Å². The number of anilines is 1. The number of aryl methyl sites for hydroxylation is 1. The molecule has 3 N–H and O–H groups in total. The van der Waals surface area contributed by atoms with Crippen molar-refractivity contribution in [2.45, 2.75) is 32.0 Å². The second-order valence-corrected chi connectivity index (χ2v) is 6.50. The normalized spacial score (nSPS) is 18.4. The molecule has 1 aliphatic heterocycles. The molecule has 0 aromatic carbocycles. The number of nitrogens with zero attached hydrogens (tertiary/aromatic N) is 3. The van der Waals surface area contributed by atoms with Crippen molar-refractivity contribution < 1.29 is 18.0 Å². The maximum Gasteiger partial charge on any atom is 0.401 e. The number of aliphatic imine (C=N–C) groups is 1. The van der Waals surface area contributed by atoms with Crippen LogP contribution in [0.2, 0.25) is 0 Å².